The number of para-hydroxylation sites is 2. The Kier molecular flexibility index (Phi) is 8.33. The molecule has 0 unspecified atom stereocenters. The van der Waals surface area contributed by atoms with Crippen LogP contribution in [0.15, 0.2) is 82.6 Å². The second-order valence-electron chi connectivity index (χ2n) is 8.68. The molecule has 0 spiro atoms. The van der Waals surface area contributed by atoms with Crippen molar-refractivity contribution in [2.75, 3.05) is 45.2 Å². The molecule has 1 amide bonds. The van der Waals surface area contributed by atoms with Gasteiger partial charge in [-0.3, -0.25) is 9.10 Å². The van der Waals surface area contributed by atoms with Crippen LogP contribution in [0.4, 0.5) is 5.69 Å². The first-order valence-electron chi connectivity index (χ1n) is 11.9. The molecule has 0 radical (unpaired) electrons. The highest BCUT2D eigenvalue weighted by Gasteiger charge is 2.37. The maximum absolute atomic E-state index is 13.5. The van der Waals surface area contributed by atoms with E-state index in [-0.39, 0.29) is 35.2 Å². The fourth-order valence-corrected chi connectivity index (χ4v) is 6.19. The number of rotatable bonds is 10. The van der Waals surface area contributed by atoms with Crippen molar-refractivity contribution in [2.45, 2.75) is 15.9 Å². The fraction of sp³-hybridized carbons (Fsp3) is 0.269. The number of sulfonamides is 2. The maximum Gasteiger partial charge on any atom is 0.264 e. The second-order valence-corrected chi connectivity index (χ2v) is 12.7. The zero-order valence-electron chi connectivity index (χ0n) is 21.6. The predicted molar refractivity (Wildman–Crippen MR) is 144 cm³/mol. The summed E-state index contributed by atoms with van der Waals surface area (Å²) in [6.45, 7) is -0.00806. The Morgan fingerprint density at radius 2 is 1.56 bits per heavy atom. The molecular formula is C26H29N3O8S2. The van der Waals surface area contributed by atoms with Crippen molar-refractivity contribution in [3.05, 3.63) is 72.8 Å². The highest BCUT2D eigenvalue weighted by Crippen LogP contribution is 2.37. The van der Waals surface area contributed by atoms with E-state index in [0.29, 0.717) is 17.2 Å². The third-order valence-electron chi connectivity index (χ3n) is 5.95. The van der Waals surface area contributed by atoms with E-state index in [1.54, 1.807) is 36.4 Å². The minimum Gasteiger partial charge on any atom is -0.497 e. The van der Waals surface area contributed by atoms with Gasteiger partial charge in [-0.05, 0) is 60.7 Å². The number of ether oxygens (including phenoxy) is 3. The van der Waals surface area contributed by atoms with Crippen LogP contribution in [0.1, 0.15) is 0 Å². The Labute approximate surface area is 228 Å². The highest BCUT2D eigenvalue weighted by molar-refractivity contribution is 7.92. The molecular weight excluding hydrogens is 546 g/mol. The summed E-state index contributed by atoms with van der Waals surface area (Å²) in [4.78, 5) is 13.1. The van der Waals surface area contributed by atoms with Gasteiger partial charge in [0, 0.05) is 14.1 Å². The van der Waals surface area contributed by atoms with Gasteiger partial charge in [0.2, 0.25) is 10.0 Å². The third-order valence-corrected chi connectivity index (χ3v) is 9.57. The van der Waals surface area contributed by atoms with Crippen molar-refractivity contribution >= 4 is 31.6 Å². The minimum atomic E-state index is -4.00. The van der Waals surface area contributed by atoms with Crippen molar-refractivity contribution < 1.29 is 35.8 Å². The van der Waals surface area contributed by atoms with E-state index in [9.17, 15) is 21.6 Å². The Bertz CT molecular complexity index is 1520. The number of nitrogens with zero attached hydrogens (tertiary/aromatic N) is 2. The number of hydrogen-bond acceptors (Lipinski definition) is 8. The third kappa shape index (κ3) is 6.10. The van der Waals surface area contributed by atoms with Crippen LogP contribution in [0.25, 0.3) is 0 Å². The first kappa shape index (κ1) is 28.2. The van der Waals surface area contributed by atoms with Crippen molar-refractivity contribution in [2.24, 2.45) is 0 Å². The molecule has 1 atom stereocenters. The molecule has 208 valence electrons. The van der Waals surface area contributed by atoms with Gasteiger partial charge < -0.3 is 19.5 Å². The molecule has 1 aliphatic rings. The number of hydrogen-bond donors (Lipinski definition) is 1. The van der Waals surface area contributed by atoms with Gasteiger partial charge in [-0.15, -0.1) is 0 Å². The van der Waals surface area contributed by atoms with Crippen molar-refractivity contribution in [3.63, 3.8) is 0 Å². The molecule has 3 aromatic carbocycles. The second kappa shape index (κ2) is 11.5. The van der Waals surface area contributed by atoms with Crippen LogP contribution in [0, 0.1) is 0 Å². The first-order valence-corrected chi connectivity index (χ1v) is 14.8. The van der Waals surface area contributed by atoms with Gasteiger partial charge in [0.1, 0.15) is 23.9 Å². The monoisotopic (exact) mass is 575 g/mol. The topological polar surface area (TPSA) is 132 Å². The molecule has 0 bridgehead atoms. The SMILES string of the molecule is COc1ccc(S(=O)(=O)N2C[C@H](C(=O)NCCOc3ccc(S(=O)(=O)N(C)C)cc3)Oc3ccccc32)cc1. The molecule has 1 N–H and O–H groups in total. The summed E-state index contributed by atoms with van der Waals surface area (Å²) in [5.74, 6) is 0.715. The summed E-state index contributed by atoms with van der Waals surface area (Å²) in [7, 11) is -3.16. The maximum atomic E-state index is 13.5. The fourth-order valence-electron chi connectivity index (χ4n) is 3.82. The van der Waals surface area contributed by atoms with E-state index in [4.69, 9.17) is 14.2 Å². The van der Waals surface area contributed by atoms with Crippen molar-refractivity contribution in [1.29, 1.82) is 0 Å². The molecule has 4 rings (SSSR count). The van der Waals surface area contributed by atoms with Gasteiger partial charge >= 0.3 is 0 Å². The lowest BCUT2D eigenvalue weighted by Crippen LogP contribution is -2.51. The number of benzene rings is 3. The normalized spacial score (nSPS) is 15.3. The Morgan fingerprint density at radius 3 is 2.21 bits per heavy atom. The number of nitrogens with one attached hydrogen (secondary N) is 1. The molecule has 0 aliphatic carbocycles. The molecule has 0 saturated carbocycles. The zero-order valence-corrected chi connectivity index (χ0v) is 23.2. The summed E-state index contributed by atoms with van der Waals surface area (Å²) >= 11 is 0. The number of anilines is 1. The lowest BCUT2D eigenvalue weighted by atomic mass is 10.2. The van der Waals surface area contributed by atoms with Crippen molar-refractivity contribution in [3.8, 4) is 17.2 Å². The van der Waals surface area contributed by atoms with Gasteiger partial charge in [-0.25, -0.2) is 21.1 Å². The quantitative estimate of drug-likeness (QED) is 0.364. The van der Waals surface area contributed by atoms with Crippen LogP contribution < -0.4 is 23.8 Å². The van der Waals surface area contributed by atoms with Crippen LogP contribution in [0.2, 0.25) is 0 Å². The molecule has 3 aromatic rings. The van der Waals surface area contributed by atoms with Gasteiger partial charge in [0.25, 0.3) is 15.9 Å². The molecule has 0 saturated heterocycles. The summed E-state index contributed by atoms with van der Waals surface area (Å²) in [5, 5.41) is 2.70. The summed E-state index contributed by atoms with van der Waals surface area (Å²) in [5.41, 5.74) is 0.334. The van der Waals surface area contributed by atoms with Gasteiger partial charge in [-0.2, -0.15) is 0 Å². The average Bonchev–Trinajstić information content (AvgIpc) is 2.94. The Morgan fingerprint density at radius 1 is 0.949 bits per heavy atom. The molecule has 39 heavy (non-hydrogen) atoms. The Balaban J connectivity index is 1.40. The molecule has 11 nitrogen and oxygen atoms in total. The van der Waals surface area contributed by atoms with Gasteiger partial charge in [0.05, 0.1) is 35.7 Å². The van der Waals surface area contributed by atoms with E-state index in [1.807, 2.05) is 0 Å². The zero-order chi connectivity index (χ0) is 28.2. The lowest BCUT2D eigenvalue weighted by Gasteiger charge is -2.34. The number of carbonyl (C=O) groups excluding carboxylic acids is 1. The molecule has 13 heteroatoms. The summed E-state index contributed by atoms with van der Waals surface area (Å²) < 4.78 is 70.2. The van der Waals surface area contributed by atoms with E-state index in [0.717, 1.165) is 8.61 Å². The van der Waals surface area contributed by atoms with E-state index in [1.165, 1.54) is 57.6 Å². The van der Waals surface area contributed by atoms with Crippen LogP contribution in [-0.4, -0.2) is 74.1 Å². The van der Waals surface area contributed by atoms with Gasteiger partial charge in [-0.1, -0.05) is 12.1 Å². The van der Waals surface area contributed by atoms with Crippen LogP contribution in [0.5, 0.6) is 17.2 Å². The lowest BCUT2D eigenvalue weighted by molar-refractivity contribution is -0.127. The smallest absolute Gasteiger partial charge is 0.264 e. The van der Waals surface area contributed by atoms with Crippen LogP contribution in [-0.2, 0) is 24.8 Å². The van der Waals surface area contributed by atoms with Gasteiger partial charge in [0.15, 0.2) is 6.10 Å². The molecule has 1 aliphatic heterocycles. The number of fused-ring (bicyclic) bond motifs is 1. The van der Waals surface area contributed by atoms with Crippen molar-refractivity contribution in [1.82, 2.24) is 9.62 Å². The van der Waals surface area contributed by atoms with E-state index < -0.39 is 32.1 Å². The van der Waals surface area contributed by atoms with Crippen LogP contribution >= 0.6 is 0 Å². The molecule has 1 heterocycles. The van der Waals surface area contributed by atoms with E-state index >= 15 is 0 Å². The number of amides is 1. The largest absolute Gasteiger partial charge is 0.497 e. The van der Waals surface area contributed by atoms with Crippen LogP contribution in [0.3, 0.4) is 0 Å². The summed E-state index contributed by atoms with van der Waals surface area (Å²) in [6.07, 6.45) is -1.09. The minimum absolute atomic E-state index is 0.0527. The standard InChI is InChI=1S/C26H29N3O8S2/c1-28(2)38(31,32)21-14-10-20(11-15-21)36-17-16-27-26(30)25-18-29(23-6-4-5-7-24(23)37-25)39(33,34)22-12-8-19(35-3)9-13-22/h4-15,25H,16-18H2,1-3H3,(H,27,30)/t25-/m1/s1. The predicted octanol–water partition coefficient (Wildman–Crippen LogP) is 2.10. The molecule has 0 fully saturated rings. The first-order chi connectivity index (χ1) is 18.5. The molecule has 0 aromatic heterocycles. The average molecular weight is 576 g/mol. The number of methoxy groups -OCH3 is 1. The Hall–Kier alpha value is -3.81. The number of carbonyl (C=O) groups is 1. The summed E-state index contributed by atoms with van der Waals surface area (Å²) in [6, 6.07) is 18.5. The van der Waals surface area contributed by atoms with E-state index in [2.05, 4.69) is 5.32 Å². The highest BCUT2D eigenvalue weighted by atomic mass is 32.2.